The molecule has 0 fully saturated rings. The van der Waals surface area contributed by atoms with Gasteiger partial charge in [0.15, 0.2) is 0 Å². The Morgan fingerprint density at radius 2 is 2.21 bits per heavy atom. The maximum absolute atomic E-state index is 3.64. The van der Waals surface area contributed by atoms with Crippen LogP contribution < -0.4 is 5.32 Å². The van der Waals surface area contributed by atoms with Crippen LogP contribution in [-0.4, -0.2) is 7.05 Å². The maximum atomic E-state index is 3.64. The van der Waals surface area contributed by atoms with Crippen LogP contribution in [0.2, 0.25) is 0 Å². The number of rotatable bonds is 4. The van der Waals surface area contributed by atoms with Crippen LogP contribution in [0, 0.1) is 6.92 Å². The van der Waals surface area contributed by atoms with Crippen LogP contribution in [0.4, 0.5) is 5.69 Å². The molecule has 0 bridgehead atoms. The van der Waals surface area contributed by atoms with Crippen molar-refractivity contribution < 1.29 is 0 Å². The molecule has 0 aliphatic carbocycles. The van der Waals surface area contributed by atoms with E-state index in [1.165, 1.54) is 16.8 Å². The number of anilines is 1. The van der Waals surface area contributed by atoms with Gasteiger partial charge >= 0.3 is 0 Å². The fourth-order valence-corrected chi connectivity index (χ4v) is 1.37. The lowest BCUT2D eigenvalue weighted by Gasteiger charge is -2.06. The van der Waals surface area contributed by atoms with Crippen molar-refractivity contribution in [1.82, 2.24) is 0 Å². The zero-order valence-electron chi connectivity index (χ0n) is 8.88. The molecule has 1 aromatic carbocycles. The summed E-state index contributed by atoms with van der Waals surface area (Å²) >= 11 is 0. The zero-order valence-corrected chi connectivity index (χ0v) is 8.88. The first-order valence-corrected chi connectivity index (χ1v) is 4.82. The van der Waals surface area contributed by atoms with E-state index in [2.05, 4.69) is 43.1 Å². The molecule has 1 nitrogen and oxygen atoms in total. The number of hydrogen-bond donors (Lipinski definition) is 1. The Morgan fingerprint density at radius 3 is 2.79 bits per heavy atom. The topological polar surface area (TPSA) is 12.0 Å². The molecule has 0 saturated heterocycles. The minimum Gasteiger partial charge on any atom is -0.388 e. The van der Waals surface area contributed by atoms with Crippen LogP contribution in [0.5, 0.6) is 0 Å². The van der Waals surface area contributed by atoms with Crippen LogP contribution in [0.1, 0.15) is 11.1 Å². The second-order valence-electron chi connectivity index (χ2n) is 3.26. The van der Waals surface area contributed by atoms with Crippen molar-refractivity contribution in [1.29, 1.82) is 0 Å². The number of aryl methyl sites for hydroxylation is 1. The quantitative estimate of drug-likeness (QED) is 0.713. The smallest absolute Gasteiger partial charge is 0.0340 e. The fourth-order valence-electron chi connectivity index (χ4n) is 1.37. The molecule has 0 aliphatic heterocycles. The Hall–Kier alpha value is -1.50. The third-order valence-corrected chi connectivity index (χ3v) is 2.24. The average molecular weight is 187 g/mol. The van der Waals surface area contributed by atoms with Crippen LogP contribution >= 0.6 is 0 Å². The van der Waals surface area contributed by atoms with Gasteiger partial charge < -0.3 is 5.32 Å². The molecule has 0 heterocycles. The molecule has 0 amide bonds. The summed E-state index contributed by atoms with van der Waals surface area (Å²) < 4.78 is 0. The third kappa shape index (κ3) is 2.77. The molecule has 1 N–H and O–H groups in total. The lowest BCUT2D eigenvalue weighted by Crippen LogP contribution is -1.92. The predicted octanol–water partition coefficient (Wildman–Crippen LogP) is 3.32. The Labute approximate surface area is 86.2 Å². The molecule has 0 atom stereocenters. The summed E-state index contributed by atoms with van der Waals surface area (Å²) in [5.74, 6) is 0. The predicted molar refractivity (Wildman–Crippen MR) is 63.8 cm³/mol. The largest absolute Gasteiger partial charge is 0.388 e. The van der Waals surface area contributed by atoms with E-state index < -0.39 is 0 Å². The number of allylic oxidation sites excluding steroid dienone is 3. The molecule has 1 aromatic rings. The highest BCUT2D eigenvalue weighted by Crippen LogP contribution is 2.15. The summed E-state index contributed by atoms with van der Waals surface area (Å²) in [6, 6.07) is 6.43. The second-order valence-corrected chi connectivity index (χ2v) is 3.26. The number of hydrogen-bond acceptors (Lipinski definition) is 1. The SMILES string of the molecule is C=CC=CCc1ccc(NC)cc1C. The first-order chi connectivity index (χ1) is 6.77. The molecular weight excluding hydrogens is 170 g/mol. The van der Waals surface area contributed by atoms with Gasteiger partial charge in [-0.2, -0.15) is 0 Å². The van der Waals surface area contributed by atoms with Gasteiger partial charge in [-0.25, -0.2) is 0 Å². The third-order valence-electron chi connectivity index (χ3n) is 2.24. The Kier molecular flexibility index (Phi) is 3.99. The minimum atomic E-state index is 0.974. The van der Waals surface area contributed by atoms with E-state index in [4.69, 9.17) is 0 Å². The molecule has 0 radical (unpaired) electrons. The van der Waals surface area contributed by atoms with E-state index in [9.17, 15) is 0 Å². The standard InChI is InChI=1S/C13H17N/c1-4-5-6-7-12-8-9-13(14-3)10-11(12)2/h4-6,8-10,14H,1,7H2,2-3H3. The fraction of sp³-hybridized carbons (Fsp3) is 0.231. The minimum absolute atomic E-state index is 0.974. The van der Waals surface area contributed by atoms with Crippen molar-refractivity contribution >= 4 is 5.69 Å². The Balaban J connectivity index is 2.78. The summed E-state index contributed by atoms with van der Waals surface area (Å²) in [4.78, 5) is 0. The molecule has 0 aromatic heterocycles. The first-order valence-electron chi connectivity index (χ1n) is 4.82. The van der Waals surface area contributed by atoms with Crippen molar-refractivity contribution in [2.24, 2.45) is 0 Å². The highest BCUT2D eigenvalue weighted by molar-refractivity contribution is 5.48. The van der Waals surface area contributed by atoms with Crippen molar-refractivity contribution in [3.05, 3.63) is 54.1 Å². The van der Waals surface area contributed by atoms with Gasteiger partial charge in [0.2, 0.25) is 0 Å². The average Bonchev–Trinajstić information content (AvgIpc) is 2.20. The van der Waals surface area contributed by atoms with Gasteiger partial charge in [0.1, 0.15) is 0 Å². The van der Waals surface area contributed by atoms with E-state index in [1.54, 1.807) is 6.08 Å². The number of nitrogens with one attached hydrogen (secondary N) is 1. The zero-order chi connectivity index (χ0) is 10.4. The van der Waals surface area contributed by atoms with Gasteiger partial charge in [-0.3, -0.25) is 0 Å². The first kappa shape index (κ1) is 10.6. The van der Waals surface area contributed by atoms with Crippen LogP contribution in [0.25, 0.3) is 0 Å². The summed E-state index contributed by atoms with van der Waals surface area (Å²) in [6.07, 6.45) is 6.87. The van der Waals surface area contributed by atoms with Gasteiger partial charge in [0, 0.05) is 12.7 Å². The molecule has 0 spiro atoms. The summed E-state index contributed by atoms with van der Waals surface area (Å²) in [5, 5.41) is 3.13. The molecule has 0 unspecified atom stereocenters. The molecule has 1 heteroatoms. The Bertz CT molecular complexity index is 337. The molecule has 0 saturated carbocycles. The highest BCUT2D eigenvalue weighted by Gasteiger charge is 1.96. The normalized spacial score (nSPS) is 10.4. The molecule has 0 aliphatic rings. The second kappa shape index (κ2) is 5.28. The number of benzene rings is 1. The van der Waals surface area contributed by atoms with E-state index in [0.717, 1.165) is 6.42 Å². The van der Waals surface area contributed by atoms with E-state index in [-0.39, 0.29) is 0 Å². The lowest BCUT2D eigenvalue weighted by molar-refractivity contribution is 1.21. The van der Waals surface area contributed by atoms with Crippen molar-refractivity contribution in [3.63, 3.8) is 0 Å². The van der Waals surface area contributed by atoms with E-state index in [1.807, 2.05) is 13.1 Å². The molecular formula is C13H17N. The molecule has 14 heavy (non-hydrogen) atoms. The van der Waals surface area contributed by atoms with Gasteiger partial charge in [-0.15, -0.1) is 0 Å². The lowest BCUT2D eigenvalue weighted by atomic mass is 10.0. The van der Waals surface area contributed by atoms with Gasteiger partial charge in [0.05, 0.1) is 0 Å². The monoisotopic (exact) mass is 187 g/mol. The van der Waals surface area contributed by atoms with Crippen LogP contribution in [0.15, 0.2) is 43.0 Å². The molecule has 1 rings (SSSR count). The summed E-state index contributed by atoms with van der Waals surface area (Å²) in [7, 11) is 1.94. The molecule has 74 valence electrons. The highest BCUT2D eigenvalue weighted by atomic mass is 14.8. The maximum Gasteiger partial charge on any atom is 0.0340 e. The van der Waals surface area contributed by atoms with E-state index >= 15 is 0 Å². The van der Waals surface area contributed by atoms with Crippen molar-refractivity contribution in [2.75, 3.05) is 12.4 Å². The van der Waals surface area contributed by atoms with Crippen molar-refractivity contribution in [3.8, 4) is 0 Å². The van der Waals surface area contributed by atoms with E-state index in [0.29, 0.717) is 0 Å². The summed E-state index contributed by atoms with van der Waals surface area (Å²) in [6.45, 7) is 5.78. The van der Waals surface area contributed by atoms with Gasteiger partial charge in [-0.1, -0.05) is 30.9 Å². The van der Waals surface area contributed by atoms with Crippen LogP contribution in [0.3, 0.4) is 0 Å². The van der Waals surface area contributed by atoms with Gasteiger partial charge in [-0.05, 0) is 36.6 Å². The summed E-state index contributed by atoms with van der Waals surface area (Å²) in [5.41, 5.74) is 3.85. The van der Waals surface area contributed by atoms with Crippen LogP contribution in [-0.2, 0) is 6.42 Å². The Morgan fingerprint density at radius 1 is 1.43 bits per heavy atom. The van der Waals surface area contributed by atoms with Crippen molar-refractivity contribution in [2.45, 2.75) is 13.3 Å². The van der Waals surface area contributed by atoms with Gasteiger partial charge in [0.25, 0.3) is 0 Å².